The van der Waals surface area contributed by atoms with E-state index in [0.717, 1.165) is 12.1 Å². The van der Waals surface area contributed by atoms with Crippen LogP contribution >= 0.6 is 23.2 Å². The van der Waals surface area contributed by atoms with Crippen LogP contribution < -0.4 is 0 Å². The van der Waals surface area contributed by atoms with Crippen molar-refractivity contribution >= 4 is 28.8 Å². The van der Waals surface area contributed by atoms with Gasteiger partial charge >= 0.3 is 0 Å². The molecule has 0 amide bonds. The maximum atomic E-state index is 6.20. The van der Waals surface area contributed by atoms with E-state index in [1.54, 1.807) is 6.07 Å². The maximum Gasteiger partial charge on any atom is 0.156 e. The fourth-order valence-electron chi connectivity index (χ4n) is 3.07. The lowest BCUT2D eigenvalue weighted by Gasteiger charge is -2.19. The molecule has 1 unspecified atom stereocenters. The summed E-state index contributed by atoms with van der Waals surface area (Å²) in [6.45, 7) is 6.71. The molecule has 90 valence electrons. The molecule has 0 bridgehead atoms. The van der Waals surface area contributed by atoms with Crippen molar-refractivity contribution < 1.29 is 0 Å². The molecule has 1 aliphatic carbocycles. The van der Waals surface area contributed by atoms with Gasteiger partial charge < -0.3 is 4.40 Å². The summed E-state index contributed by atoms with van der Waals surface area (Å²) in [4.78, 5) is 4.68. The van der Waals surface area contributed by atoms with E-state index in [4.69, 9.17) is 23.2 Å². The van der Waals surface area contributed by atoms with E-state index in [1.807, 2.05) is 6.20 Å². The van der Waals surface area contributed by atoms with Gasteiger partial charge in [0.25, 0.3) is 0 Å². The van der Waals surface area contributed by atoms with Gasteiger partial charge in [0.1, 0.15) is 0 Å². The summed E-state index contributed by atoms with van der Waals surface area (Å²) in [6, 6.07) is 1.75. The Morgan fingerprint density at radius 1 is 1.41 bits per heavy atom. The highest BCUT2D eigenvalue weighted by atomic mass is 35.5. The molecule has 0 spiro atoms. The molecule has 0 fully saturated rings. The molecule has 1 aliphatic rings. The normalized spacial score (nSPS) is 22.1. The lowest BCUT2D eigenvalue weighted by molar-refractivity contribution is 0.474. The number of aromatic nitrogens is 2. The van der Waals surface area contributed by atoms with Crippen LogP contribution in [0.15, 0.2) is 12.3 Å². The van der Waals surface area contributed by atoms with Crippen LogP contribution in [0.5, 0.6) is 0 Å². The van der Waals surface area contributed by atoms with Crippen molar-refractivity contribution in [3.63, 3.8) is 0 Å². The summed E-state index contributed by atoms with van der Waals surface area (Å²) in [5.74, 6) is 0.481. The molecular weight excluding hydrogens is 255 g/mol. The molecule has 4 heteroatoms. The third kappa shape index (κ3) is 1.50. The first-order chi connectivity index (χ1) is 7.90. The number of rotatable bonds is 0. The van der Waals surface area contributed by atoms with Gasteiger partial charge in [-0.15, -0.1) is 0 Å². The fourth-order valence-corrected chi connectivity index (χ4v) is 3.58. The number of hydrogen-bond acceptors (Lipinski definition) is 1. The zero-order valence-electron chi connectivity index (χ0n) is 10.1. The Balaban J connectivity index is 2.43. The first kappa shape index (κ1) is 11.4. The summed E-state index contributed by atoms with van der Waals surface area (Å²) in [6.07, 6.45) is 3.03. The highest BCUT2D eigenvalue weighted by Gasteiger charge is 2.39. The van der Waals surface area contributed by atoms with E-state index in [2.05, 4.69) is 30.2 Å². The van der Waals surface area contributed by atoms with Crippen molar-refractivity contribution in [3.8, 4) is 0 Å². The molecule has 0 aromatic carbocycles. The lowest BCUT2D eigenvalue weighted by Crippen LogP contribution is -2.15. The molecule has 0 saturated heterocycles. The van der Waals surface area contributed by atoms with Crippen LogP contribution in [0.4, 0.5) is 0 Å². The fraction of sp³-hybridized carbons (Fsp3) is 0.462. The summed E-state index contributed by atoms with van der Waals surface area (Å²) in [5.41, 5.74) is 3.37. The number of imidazole rings is 1. The van der Waals surface area contributed by atoms with Crippen LogP contribution in [0.3, 0.4) is 0 Å². The van der Waals surface area contributed by atoms with Crippen LogP contribution in [-0.2, 0) is 5.41 Å². The monoisotopic (exact) mass is 268 g/mol. The molecule has 0 N–H and O–H groups in total. The predicted octanol–water partition coefficient (Wildman–Crippen LogP) is 4.43. The van der Waals surface area contributed by atoms with E-state index in [-0.39, 0.29) is 5.41 Å². The van der Waals surface area contributed by atoms with E-state index < -0.39 is 0 Å². The van der Waals surface area contributed by atoms with Crippen molar-refractivity contribution in [3.05, 3.63) is 33.7 Å². The number of pyridine rings is 1. The second-order valence-corrected chi connectivity index (χ2v) is 6.38. The smallest absolute Gasteiger partial charge is 0.156 e. The molecular formula is C13H14Cl2N2. The van der Waals surface area contributed by atoms with Crippen LogP contribution in [0.2, 0.25) is 10.0 Å². The lowest BCUT2D eigenvalue weighted by atomic mass is 9.89. The molecule has 0 radical (unpaired) electrons. The molecule has 2 heterocycles. The van der Waals surface area contributed by atoms with Gasteiger partial charge in [0.15, 0.2) is 5.65 Å². The van der Waals surface area contributed by atoms with E-state index in [1.165, 1.54) is 11.4 Å². The quantitative estimate of drug-likeness (QED) is 0.691. The summed E-state index contributed by atoms with van der Waals surface area (Å²) in [5, 5.41) is 1.27. The van der Waals surface area contributed by atoms with Gasteiger partial charge in [-0.3, -0.25) is 0 Å². The Morgan fingerprint density at radius 2 is 2.12 bits per heavy atom. The Morgan fingerprint density at radius 3 is 2.82 bits per heavy atom. The maximum absolute atomic E-state index is 6.20. The Labute approximate surface area is 111 Å². The molecule has 2 aromatic heterocycles. The average molecular weight is 269 g/mol. The molecule has 17 heavy (non-hydrogen) atoms. The molecule has 1 atom stereocenters. The topological polar surface area (TPSA) is 17.3 Å². The molecule has 2 aromatic rings. The van der Waals surface area contributed by atoms with Crippen molar-refractivity contribution in [2.45, 2.75) is 38.5 Å². The van der Waals surface area contributed by atoms with E-state index in [9.17, 15) is 0 Å². The molecule has 2 nitrogen and oxygen atoms in total. The zero-order chi connectivity index (χ0) is 12.4. The third-order valence-corrected chi connectivity index (χ3v) is 4.08. The first-order valence-electron chi connectivity index (χ1n) is 5.77. The molecule has 3 rings (SSSR count). The average Bonchev–Trinajstić information content (AvgIpc) is 2.65. The van der Waals surface area contributed by atoms with E-state index in [0.29, 0.717) is 16.0 Å². The first-order valence-corrected chi connectivity index (χ1v) is 6.53. The summed E-state index contributed by atoms with van der Waals surface area (Å²) < 4.78 is 2.06. The van der Waals surface area contributed by atoms with Crippen LogP contribution in [0.1, 0.15) is 44.5 Å². The Hall–Kier alpha value is -0.730. The van der Waals surface area contributed by atoms with Gasteiger partial charge in [-0.2, -0.15) is 0 Å². The van der Waals surface area contributed by atoms with Crippen LogP contribution in [0, 0.1) is 0 Å². The highest BCUT2D eigenvalue weighted by molar-refractivity contribution is 6.36. The van der Waals surface area contributed by atoms with Crippen molar-refractivity contribution in [2.75, 3.05) is 0 Å². The summed E-state index contributed by atoms with van der Waals surface area (Å²) in [7, 11) is 0. The van der Waals surface area contributed by atoms with Gasteiger partial charge in [-0.05, 0) is 12.5 Å². The SMILES string of the molecule is CC1CC(C)(C)c2c1nc1c(Cl)cc(Cl)cn21. The standard InChI is InChI=1S/C13H14Cl2N2/c1-7-5-13(2,3)11-10(7)16-12-9(15)4-8(14)6-17(11)12/h4,6-7H,5H2,1-3H3. The highest BCUT2D eigenvalue weighted by Crippen LogP contribution is 2.46. The van der Waals surface area contributed by atoms with Gasteiger partial charge in [0.2, 0.25) is 0 Å². The molecule has 0 saturated carbocycles. The largest absolute Gasteiger partial charge is 0.300 e. The van der Waals surface area contributed by atoms with Crippen LogP contribution in [0.25, 0.3) is 5.65 Å². The van der Waals surface area contributed by atoms with Crippen molar-refractivity contribution in [2.24, 2.45) is 0 Å². The Bertz CT molecular complexity index is 613. The minimum atomic E-state index is 0.127. The summed E-state index contributed by atoms with van der Waals surface area (Å²) >= 11 is 12.3. The second-order valence-electron chi connectivity index (χ2n) is 5.53. The van der Waals surface area contributed by atoms with Gasteiger partial charge in [0.05, 0.1) is 21.4 Å². The zero-order valence-corrected chi connectivity index (χ0v) is 11.6. The van der Waals surface area contributed by atoms with Gasteiger partial charge in [-0.1, -0.05) is 44.0 Å². The Kier molecular flexibility index (Phi) is 2.27. The number of hydrogen-bond donors (Lipinski definition) is 0. The third-order valence-electron chi connectivity index (χ3n) is 3.59. The van der Waals surface area contributed by atoms with E-state index >= 15 is 0 Å². The van der Waals surface area contributed by atoms with Crippen molar-refractivity contribution in [1.82, 2.24) is 9.38 Å². The number of fused-ring (bicyclic) bond motifs is 3. The molecule has 0 aliphatic heterocycles. The number of nitrogens with zero attached hydrogens (tertiary/aromatic N) is 2. The van der Waals surface area contributed by atoms with Crippen LogP contribution in [-0.4, -0.2) is 9.38 Å². The van der Waals surface area contributed by atoms with Gasteiger partial charge in [-0.25, -0.2) is 4.98 Å². The minimum absolute atomic E-state index is 0.127. The predicted molar refractivity (Wildman–Crippen MR) is 71.3 cm³/mol. The van der Waals surface area contributed by atoms with Crippen molar-refractivity contribution in [1.29, 1.82) is 0 Å². The number of halogens is 2. The van der Waals surface area contributed by atoms with Gasteiger partial charge in [0, 0.05) is 17.5 Å². The second kappa shape index (κ2) is 3.39. The minimum Gasteiger partial charge on any atom is -0.300 e.